The Morgan fingerprint density at radius 1 is 1.38 bits per heavy atom. The summed E-state index contributed by atoms with van der Waals surface area (Å²) in [6, 6.07) is 9.15. The lowest BCUT2D eigenvalue weighted by Gasteiger charge is -2.35. The quantitative estimate of drug-likeness (QED) is 0.883. The summed E-state index contributed by atoms with van der Waals surface area (Å²) < 4.78 is 0. The third-order valence-electron chi connectivity index (χ3n) is 4.21. The van der Waals surface area contributed by atoms with Crippen LogP contribution in [-0.4, -0.2) is 13.1 Å². The molecule has 1 atom stereocenters. The molecule has 2 heterocycles. The monoisotopic (exact) mass is 320 g/mol. The summed E-state index contributed by atoms with van der Waals surface area (Å²) in [5, 5.41) is 6.39. The fourth-order valence-corrected chi connectivity index (χ4v) is 4.18. The average Bonchev–Trinajstić information content (AvgIpc) is 2.96. The molecule has 1 N–H and O–H groups in total. The molecule has 21 heavy (non-hydrogen) atoms. The molecule has 0 amide bonds. The lowest BCUT2D eigenvalue weighted by Crippen LogP contribution is -2.33. The van der Waals surface area contributed by atoms with Crippen LogP contribution in [0, 0.1) is 0 Å². The topological polar surface area (TPSA) is 15.3 Å². The highest BCUT2D eigenvalue weighted by Gasteiger charge is 2.25. The fourth-order valence-electron chi connectivity index (χ4n) is 2.98. The Bertz CT molecular complexity index is 623. The summed E-state index contributed by atoms with van der Waals surface area (Å²) in [4.78, 5) is 3.99. The maximum Gasteiger partial charge on any atom is 0.0525 e. The summed E-state index contributed by atoms with van der Waals surface area (Å²) in [6.45, 7) is 7.25. The maximum absolute atomic E-state index is 6.45. The molecular weight excluding hydrogens is 300 g/mol. The van der Waals surface area contributed by atoms with Crippen molar-refractivity contribution in [2.24, 2.45) is 0 Å². The number of fused-ring (bicyclic) bond motifs is 1. The van der Waals surface area contributed by atoms with E-state index in [1.807, 2.05) is 11.3 Å². The van der Waals surface area contributed by atoms with Crippen LogP contribution in [0.15, 0.2) is 29.6 Å². The van der Waals surface area contributed by atoms with Gasteiger partial charge in [-0.3, -0.25) is 0 Å². The molecule has 0 fully saturated rings. The normalized spacial score (nSPS) is 17.9. The molecule has 1 aromatic heterocycles. The van der Waals surface area contributed by atoms with Crippen LogP contribution >= 0.6 is 22.9 Å². The van der Waals surface area contributed by atoms with E-state index in [9.17, 15) is 0 Å². The summed E-state index contributed by atoms with van der Waals surface area (Å²) >= 11 is 8.33. The van der Waals surface area contributed by atoms with Crippen molar-refractivity contribution >= 4 is 28.6 Å². The van der Waals surface area contributed by atoms with Crippen molar-refractivity contribution in [2.45, 2.75) is 32.9 Å². The predicted molar refractivity (Wildman–Crippen MR) is 92.6 cm³/mol. The molecule has 0 saturated carbocycles. The van der Waals surface area contributed by atoms with Crippen molar-refractivity contribution in [3.05, 3.63) is 50.7 Å². The largest absolute Gasteiger partial charge is 0.364 e. The van der Waals surface area contributed by atoms with Gasteiger partial charge in [-0.2, -0.15) is 0 Å². The van der Waals surface area contributed by atoms with Crippen LogP contribution in [0.1, 0.15) is 35.9 Å². The predicted octanol–water partition coefficient (Wildman–Crippen LogP) is 4.63. The SMILES string of the molecule is CCNCc1ccc(N2CCc3sccc3C2C)cc1Cl. The second-order valence-corrected chi connectivity index (χ2v) is 6.88. The highest BCUT2D eigenvalue weighted by atomic mass is 35.5. The molecule has 2 nitrogen and oxygen atoms in total. The zero-order valence-electron chi connectivity index (χ0n) is 12.5. The molecule has 0 saturated heterocycles. The van der Waals surface area contributed by atoms with E-state index in [4.69, 9.17) is 11.6 Å². The molecule has 1 unspecified atom stereocenters. The number of hydrogen-bond donors (Lipinski definition) is 1. The van der Waals surface area contributed by atoms with Crippen molar-refractivity contribution in [3.63, 3.8) is 0 Å². The van der Waals surface area contributed by atoms with Crippen molar-refractivity contribution in [3.8, 4) is 0 Å². The Kier molecular flexibility index (Phi) is 4.53. The number of hydrogen-bond acceptors (Lipinski definition) is 3. The maximum atomic E-state index is 6.45. The van der Waals surface area contributed by atoms with E-state index < -0.39 is 0 Å². The second-order valence-electron chi connectivity index (χ2n) is 5.47. The van der Waals surface area contributed by atoms with Crippen LogP contribution in [0.3, 0.4) is 0 Å². The first-order chi connectivity index (χ1) is 10.2. The Balaban J connectivity index is 1.83. The first-order valence-corrected chi connectivity index (χ1v) is 8.78. The van der Waals surface area contributed by atoms with E-state index in [0.717, 1.165) is 31.1 Å². The third-order valence-corrected chi connectivity index (χ3v) is 5.56. The standard InChI is InChI=1S/C17H21ClN2S/c1-3-19-11-13-4-5-14(10-16(13)18)20-8-6-17-15(12(20)2)7-9-21-17/h4-5,7,9-10,12,19H,3,6,8,11H2,1-2H3. The molecule has 0 aliphatic carbocycles. The zero-order valence-corrected chi connectivity index (χ0v) is 14.1. The lowest BCUT2D eigenvalue weighted by molar-refractivity contribution is 0.632. The number of rotatable bonds is 4. The lowest BCUT2D eigenvalue weighted by atomic mass is 10.0. The molecule has 112 valence electrons. The average molecular weight is 321 g/mol. The third kappa shape index (κ3) is 2.96. The number of anilines is 1. The first kappa shape index (κ1) is 14.9. The van der Waals surface area contributed by atoms with Crippen LogP contribution in [0.4, 0.5) is 5.69 Å². The molecule has 0 bridgehead atoms. The van der Waals surface area contributed by atoms with Gasteiger partial charge >= 0.3 is 0 Å². The number of halogens is 1. The van der Waals surface area contributed by atoms with Crippen LogP contribution in [0.25, 0.3) is 0 Å². The van der Waals surface area contributed by atoms with E-state index >= 15 is 0 Å². The Morgan fingerprint density at radius 3 is 3.00 bits per heavy atom. The van der Waals surface area contributed by atoms with Gasteiger partial charge in [-0.15, -0.1) is 11.3 Å². The fraction of sp³-hybridized carbons (Fsp3) is 0.412. The van der Waals surface area contributed by atoms with Gasteiger partial charge < -0.3 is 10.2 Å². The Morgan fingerprint density at radius 2 is 2.24 bits per heavy atom. The van der Waals surface area contributed by atoms with Gasteiger partial charge in [0.25, 0.3) is 0 Å². The molecule has 0 spiro atoms. The smallest absolute Gasteiger partial charge is 0.0525 e. The number of thiophene rings is 1. The molecule has 1 aliphatic heterocycles. The summed E-state index contributed by atoms with van der Waals surface area (Å²) in [6.07, 6.45) is 1.13. The Labute approximate surface area is 135 Å². The molecule has 1 aliphatic rings. The number of nitrogens with one attached hydrogen (secondary N) is 1. The number of nitrogens with zero attached hydrogens (tertiary/aromatic N) is 1. The molecular formula is C17H21ClN2S. The summed E-state index contributed by atoms with van der Waals surface area (Å²) in [5.41, 5.74) is 3.87. The van der Waals surface area contributed by atoms with Crippen molar-refractivity contribution < 1.29 is 0 Å². The van der Waals surface area contributed by atoms with Crippen LogP contribution < -0.4 is 10.2 Å². The minimum Gasteiger partial charge on any atom is -0.364 e. The Hall–Kier alpha value is -1.03. The van der Waals surface area contributed by atoms with E-state index in [0.29, 0.717) is 6.04 Å². The number of benzene rings is 1. The highest BCUT2D eigenvalue weighted by molar-refractivity contribution is 7.10. The van der Waals surface area contributed by atoms with Crippen LogP contribution in [-0.2, 0) is 13.0 Å². The zero-order chi connectivity index (χ0) is 14.8. The van der Waals surface area contributed by atoms with Crippen molar-refractivity contribution in [2.75, 3.05) is 18.0 Å². The minimum atomic E-state index is 0.427. The molecule has 0 radical (unpaired) electrons. The first-order valence-electron chi connectivity index (χ1n) is 7.52. The van der Waals surface area contributed by atoms with E-state index in [1.54, 1.807) is 0 Å². The van der Waals surface area contributed by atoms with Gasteiger partial charge in [0.1, 0.15) is 0 Å². The molecule has 1 aromatic carbocycles. The van der Waals surface area contributed by atoms with Gasteiger partial charge in [-0.05, 0) is 54.6 Å². The van der Waals surface area contributed by atoms with Crippen molar-refractivity contribution in [1.29, 1.82) is 0 Å². The van der Waals surface area contributed by atoms with E-state index in [-0.39, 0.29) is 0 Å². The molecule has 4 heteroatoms. The minimum absolute atomic E-state index is 0.427. The van der Waals surface area contributed by atoms with Gasteiger partial charge in [0.15, 0.2) is 0 Å². The summed E-state index contributed by atoms with van der Waals surface area (Å²) in [7, 11) is 0. The highest BCUT2D eigenvalue weighted by Crippen LogP contribution is 2.37. The molecule has 2 aromatic rings. The van der Waals surface area contributed by atoms with Crippen LogP contribution in [0.2, 0.25) is 5.02 Å². The van der Waals surface area contributed by atoms with Crippen molar-refractivity contribution in [1.82, 2.24) is 5.32 Å². The summed E-state index contributed by atoms with van der Waals surface area (Å²) in [5.74, 6) is 0. The van der Waals surface area contributed by atoms with E-state index in [2.05, 4.69) is 53.7 Å². The van der Waals surface area contributed by atoms with Gasteiger partial charge in [-0.25, -0.2) is 0 Å². The van der Waals surface area contributed by atoms with Gasteiger partial charge in [0.05, 0.1) is 6.04 Å². The van der Waals surface area contributed by atoms with Gasteiger partial charge in [0.2, 0.25) is 0 Å². The van der Waals surface area contributed by atoms with Gasteiger partial charge in [0, 0.05) is 28.7 Å². The van der Waals surface area contributed by atoms with Gasteiger partial charge in [-0.1, -0.05) is 24.6 Å². The second kappa shape index (κ2) is 6.39. The van der Waals surface area contributed by atoms with Crippen LogP contribution in [0.5, 0.6) is 0 Å². The molecule has 3 rings (SSSR count). The van der Waals surface area contributed by atoms with E-state index in [1.165, 1.54) is 21.7 Å².